The Morgan fingerprint density at radius 1 is 0.198 bits per heavy atom. The highest BCUT2D eigenvalue weighted by atomic mass is 15.2. The van der Waals surface area contributed by atoms with Crippen molar-refractivity contribution in [1.29, 1.82) is 0 Å². The van der Waals surface area contributed by atoms with Crippen LogP contribution in [0.25, 0.3) is 209 Å². The SMILES string of the molecule is c1ccc(-c2nc(-c3ccc(-n4c5ccccc5c5cc6c7c8ccccc8ccc7n(-c7ccccc7)c6cc54)c4ccccc34)nc3ccccc23)cc1.c1ccc(-c2nc(-n3c4ccccc4c4cc5c6c7ccccc7ccc6n(-c6ccc7ccccc7c6)c5cc43)nc3ccccc23)cc1. The van der Waals surface area contributed by atoms with Crippen LogP contribution < -0.4 is 0 Å². The van der Waals surface area contributed by atoms with Crippen LogP contribution >= 0.6 is 0 Å². The summed E-state index contributed by atoms with van der Waals surface area (Å²) in [5.74, 6) is 1.38. The number of hydrogen-bond donors (Lipinski definition) is 0. The molecule has 0 N–H and O–H groups in total. The van der Waals surface area contributed by atoms with Crippen molar-refractivity contribution in [2.75, 3.05) is 0 Å². The van der Waals surface area contributed by atoms with E-state index in [-0.39, 0.29) is 0 Å². The van der Waals surface area contributed by atoms with E-state index in [1.807, 2.05) is 18.2 Å². The molecule has 0 unspecified atom stereocenters. The summed E-state index contributed by atoms with van der Waals surface area (Å²) in [4.78, 5) is 21.0. The maximum Gasteiger partial charge on any atom is 0.235 e. The Hall–Kier alpha value is -14.3. The van der Waals surface area contributed by atoms with Crippen molar-refractivity contribution in [2.45, 2.75) is 0 Å². The Balaban J connectivity index is 0.000000133. The molecule has 0 aliphatic carbocycles. The second-order valence-electron chi connectivity index (χ2n) is 27.6. The van der Waals surface area contributed by atoms with Crippen LogP contribution in [-0.2, 0) is 0 Å². The fourth-order valence-corrected chi connectivity index (χ4v) is 17.1. The lowest BCUT2D eigenvalue weighted by Gasteiger charge is -2.15. The quantitative estimate of drug-likeness (QED) is 0.159. The first kappa shape index (κ1) is 59.4. The van der Waals surface area contributed by atoms with Crippen molar-refractivity contribution < 1.29 is 0 Å². The zero-order chi connectivity index (χ0) is 69.5. The van der Waals surface area contributed by atoms with Crippen LogP contribution in [0.5, 0.6) is 0 Å². The summed E-state index contributed by atoms with van der Waals surface area (Å²) in [7, 11) is 0. The molecule has 0 saturated heterocycles. The highest BCUT2D eigenvalue weighted by Gasteiger charge is 2.25. The topological polar surface area (TPSA) is 71.3 Å². The number of rotatable bonds is 7. The van der Waals surface area contributed by atoms with Crippen molar-refractivity contribution in [3.05, 3.63) is 364 Å². The first-order valence-corrected chi connectivity index (χ1v) is 36.1. The third-order valence-electron chi connectivity index (χ3n) is 21.8. The van der Waals surface area contributed by atoms with Crippen molar-refractivity contribution in [2.24, 2.45) is 0 Å². The summed E-state index contributed by atoms with van der Waals surface area (Å²) in [6, 6.07) is 130. The van der Waals surface area contributed by atoms with Gasteiger partial charge in [0.15, 0.2) is 5.82 Å². The number of aromatic nitrogens is 8. The summed E-state index contributed by atoms with van der Waals surface area (Å²) >= 11 is 0. The van der Waals surface area contributed by atoms with Gasteiger partial charge in [0.2, 0.25) is 5.95 Å². The molecule has 0 aliphatic heterocycles. The van der Waals surface area contributed by atoms with Gasteiger partial charge in [0.1, 0.15) is 0 Å². The van der Waals surface area contributed by atoms with E-state index in [0.29, 0.717) is 11.8 Å². The molecule has 23 aromatic rings. The summed E-state index contributed by atoms with van der Waals surface area (Å²) in [5, 5.41) is 21.6. The number of hydrogen-bond acceptors (Lipinski definition) is 4. The molecule has 0 radical (unpaired) electrons. The van der Waals surface area contributed by atoms with Gasteiger partial charge in [0, 0.05) is 87.3 Å². The molecule has 17 aromatic carbocycles. The van der Waals surface area contributed by atoms with Crippen molar-refractivity contribution in [3.8, 4) is 56.9 Å². The van der Waals surface area contributed by atoms with E-state index in [4.69, 9.17) is 19.9 Å². The Bertz CT molecular complexity index is 7570. The standard InChI is InChI=1S/C52H32N4.C46H28N4/c1-3-16-34(17-4-1)51-41-24-11-13-25-44(41)53-52(54-51)40-28-30-46(38-22-10-9-21-37(38)40)56-45-26-14-12-23-39(45)42-31-43-49(32-48(42)56)55(35-18-5-2-6-19-35)47-29-27-33-15-7-8-20-36(33)50(43)47;1-2-14-31(15-3-1)45-36-19-8-10-20-39(36)47-46(48-45)50-40-21-11-9-18-35(40)37-27-38-43(28-42(37)50)49(33-24-22-29-12-4-5-16-32(29)26-33)41-25-23-30-13-6-7-17-34(30)44(38)41/h1-32H;1-28H. The van der Waals surface area contributed by atoms with Crippen LogP contribution in [0.1, 0.15) is 0 Å². The fraction of sp³-hybridized carbons (Fsp3) is 0. The predicted octanol–water partition coefficient (Wildman–Crippen LogP) is 25.3. The molecule has 492 valence electrons. The lowest BCUT2D eigenvalue weighted by molar-refractivity contribution is 1.01. The molecule has 0 aliphatic rings. The molecule has 0 atom stereocenters. The minimum Gasteiger partial charge on any atom is -0.309 e. The van der Waals surface area contributed by atoms with E-state index >= 15 is 0 Å². The molecular weight excluding hydrogens is 1290 g/mol. The van der Waals surface area contributed by atoms with Crippen molar-refractivity contribution in [1.82, 2.24) is 38.2 Å². The van der Waals surface area contributed by atoms with Gasteiger partial charge in [0.25, 0.3) is 0 Å². The molecule has 0 saturated carbocycles. The zero-order valence-corrected chi connectivity index (χ0v) is 57.2. The van der Waals surface area contributed by atoms with E-state index < -0.39 is 0 Å². The molecule has 8 nitrogen and oxygen atoms in total. The normalized spacial score (nSPS) is 12.0. The molecule has 106 heavy (non-hydrogen) atoms. The van der Waals surface area contributed by atoms with E-state index in [1.54, 1.807) is 0 Å². The summed E-state index contributed by atoms with van der Waals surface area (Å²) in [6.07, 6.45) is 0. The van der Waals surface area contributed by atoms with E-state index in [1.165, 1.54) is 97.5 Å². The number of nitrogens with zero attached hydrogens (tertiary/aromatic N) is 8. The van der Waals surface area contributed by atoms with Crippen LogP contribution in [0.15, 0.2) is 364 Å². The van der Waals surface area contributed by atoms with Crippen LogP contribution in [-0.4, -0.2) is 38.2 Å². The summed E-state index contributed by atoms with van der Waals surface area (Å²) < 4.78 is 9.57. The third kappa shape index (κ3) is 9.14. The maximum atomic E-state index is 5.34. The largest absolute Gasteiger partial charge is 0.309 e. The number of benzene rings is 17. The van der Waals surface area contributed by atoms with Gasteiger partial charge in [-0.15, -0.1) is 0 Å². The second kappa shape index (κ2) is 23.6. The Morgan fingerprint density at radius 3 is 1.24 bits per heavy atom. The van der Waals surface area contributed by atoms with Gasteiger partial charge in [-0.2, -0.15) is 0 Å². The summed E-state index contributed by atoms with van der Waals surface area (Å²) in [6.45, 7) is 0. The van der Waals surface area contributed by atoms with Crippen LogP contribution in [0.3, 0.4) is 0 Å². The molecule has 6 heterocycles. The Labute approximate surface area is 607 Å². The third-order valence-corrected chi connectivity index (χ3v) is 21.8. The van der Waals surface area contributed by atoms with Gasteiger partial charge < -0.3 is 13.7 Å². The minimum atomic E-state index is 0.659. The fourth-order valence-electron chi connectivity index (χ4n) is 17.1. The number of fused-ring (bicyclic) bond motifs is 20. The first-order chi connectivity index (χ1) is 52.6. The molecule has 23 rings (SSSR count). The number of para-hydroxylation sites is 5. The van der Waals surface area contributed by atoms with Crippen LogP contribution in [0.4, 0.5) is 0 Å². The summed E-state index contributed by atoms with van der Waals surface area (Å²) in [5.41, 5.74) is 19.4. The molecular formula is C98H60N8. The molecule has 0 fully saturated rings. The van der Waals surface area contributed by atoms with Gasteiger partial charge in [-0.1, -0.05) is 267 Å². The van der Waals surface area contributed by atoms with E-state index in [9.17, 15) is 0 Å². The average Bonchev–Trinajstić information content (AvgIpc) is 1.55. The van der Waals surface area contributed by atoms with E-state index in [2.05, 4.69) is 364 Å². The lowest BCUT2D eigenvalue weighted by Crippen LogP contribution is -2.03. The van der Waals surface area contributed by atoms with Gasteiger partial charge in [-0.05, 0) is 135 Å². The van der Waals surface area contributed by atoms with Crippen molar-refractivity contribution >= 4 is 152 Å². The van der Waals surface area contributed by atoms with Crippen LogP contribution in [0, 0.1) is 0 Å². The van der Waals surface area contributed by atoms with Gasteiger partial charge in [0.05, 0.1) is 72.2 Å². The van der Waals surface area contributed by atoms with Crippen LogP contribution in [0.2, 0.25) is 0 Å². The Kier molecular flexibility index (Phi) is 13.2. The molecule has 0 amide bonds. The maximum absolute atomic E-state index is 5.34. The monoisotopic (exact) mass is 1350 g/mol. The van der Waals surface area contributed by atoms with E-state index in [0.717, 1.165) is 99.8 Å². The highest BCUT2D eigenvalue weighted by molar-refractivity contribution is 6.27. The molecule has 0 bridgehead atoms. The average molecular weight is 1350 g/mol. The Morgan fingerprint density at radius 2 is 0.632 bits per heavy atom. The van der Waals surface area contributed by atoms with Crippen molar-refractivity contribution in [3.63, 3.8) is 0 Å². The van der Waals surface area contributed by atoms with Gasteiger partial charge in [-0.3, -0.25) is 4.57 Å². The highest BCUT2D eigenvalue weighted by Crippen LogP contribution is 2.46. The molecule has 6 aromatic heterocycles. The zero-order valence-electron chi connectivity index (χ0n) is 57.2. The van der Waals surface area contributed by atoms with Gasteiger partial charge >= 0.3 is 0 Å². The molecule has 0 spiro atoms. The smallest absolute Gasteiger partial charge is 0.235 e. The van der Waals surface area contributed by atoms with Gasteiger partial charge in [-0.25, -0.2) is 19.9 Å². The first-order valence-electron chi connectivity index (χ1n) is 36.1. The minimum absolute atomic E-state index is 0.659. The second-order valence-corrected chi connectivity index (χ2v) is 27.6. The lowest BCUT2D eigenvalue weighted by atomic mass is 10.0. The molecule has 8 heteroatoms. The predicted molar refractivity (Wildman–Crippen MR) is 443 cm³/mol.